The lowest BCUT2D eigenvalue weighted by molar-refractivity contribution is -0.160. The van der Waals surface area contributed by atoms with Crippen molar-refractivity contribution < 1.29 is 77.5 Å². The van der Waals surface area contributed by atoms with Crippen LogP contribution in [0.4, 0.5) is 10.1 Å². The summed E-state index contributed by atoms with van der Waals surface area (Å²) >= 11 is 0. The van der Waals surface area contributed by atoms with Gasteiger partial charge in [-0.1, -0.05) is 51.1 Å². The first-order valence-corrected chi connectivity index (χ1v) is 25.9. The molecule has 2 aromatic heterocycles. The minimum atomic E-state index is -2.09. The molecule has 0 fully saturated rings. The van der Waals surface area contributed by atoms with Crippen LogP contribution in [0.1, 0.15) is 82.1 Å². The third kappa shape index (κ3) is 14.4. The van der Waals surface area contributed by atoms with Gasteiger partial charge in [0.1, 0.15) is 30.1 Å². The van der Waals surface area contributed by atoms with Crippen LogP contribution in [0.5, 0.6) is 23.0 Å². The summed E-state index contributed by atoms with van der Waals surface area (Å²) < 4.78 is 56.7. The van der Waals surface area contributed by atoms with E-state index in [0.717, 1.165) is 10.8 Å². The minimum Gasteiger partial charge on any atom is -0.507 e. The number of hydrogen-bond acceptors (Lipinski definition) is 20. The minimum absolute atomic E-state index is 0.0221. The lowest BCUT2D eigenvalue weighted by atomic mass is 9.78. The number of amides is 1. The lowest BCUT2D eigenvalue weighted by Crippen LogP contribution is -2.46. The number of aromatic nitrogens is 5. The number of anilines is 1. The molecule has 2 aromatic carbocycles. The molecule has 25 heteroatoms. The van der Waals surface area contributed by atoms with Crippen molar-refractivity contribution in [1.82, 2.24) is 29.9 Å². The zero-order chi connectivity index (χ0) is 57.9. The van der Waals surface area contributed by atoms with Gasteiger partial charge in [0.25, 0.3) is 17.2 Å². The van der Waals surface area contributed by atoms with E-state index in [-0.39, 0.29) is 104 Å². The first kappa shape index (κ1) is 61.2. The Kier molecular flexibility index (Phi) is 21.1. The van der Waals surface area contributed by atoms with Gasteiger partial charge in [0.15, 0.2) is 5.75 Å². The number of fused-ring (bicyclic) bond motifs is 14. The van der Waals surface area contributed by atoms with Gasteiger partial charge in [-0.2, -0.15) is 4.39 Å². The van der Waals surface area contributed by atoms with E-state index in [4.69, 9.17) is 33.2 Å². The van der Waals surface area contributed by atoms with Crippen LogP contribution in [0.15, 0.2) is 58.1 Å². The number of allylic oxidation sites excluding steroid dienone is 2. The van der Waals surface area contributed by atoms with Crippen molar-refractivity contribution in [2.45, 2.75) is 118 Å². The predicted octanol–water partition coefficient (Wildman–Crippen LogP) is 3.76. The van der Waals surface area contributed by atoms with E-state index < -0.39 is 106 Å². The van der Waals surface area contributed by atoms with Gasteiger partial charge >= 0.3 is 17.4 Å². The molecule has 7 rings (SSSR count). The van der Waals surface area contributed by atoms with E-state index in [1.54, 1.807) is 46.0 Å². The van der Waals surface area contributed by atoms with Gasteiger partial charge in [-0.05, 0) is 32.8 Å². The molecule has 24 nitrogen and oxygen atoms in total. The largest absolute Gasteiger partial charge is 0.507 e. The average molecular weight is 1110 g/mol. The summed E-state index contributed by atoms with van der Waals surface area (Å²) in [6.45, 7) is 13.7. The number of benzene rings is 2. The Labute approximate surface area is 454 Å². The molecule has 8 N–H and O–H groups in total. The maximum Gasteiger partial charge on any atom is 0.328 e. The van der Waals surface area contributed by atoms with Crippen LogP contribution in [-0.2, 0) is 64.3 Å². The Bertz CT molecular complexity index is 3040. The van der Waals surface area contributed by atoms with Gasteiger partial charge in [0.05, 0.1) is 92.3 Å². The Morgan fingerprint density at radius 2 is 1.59 bits per heavy atom. The van der Waals surface area contributed by atoms with Crippen molar-refractivity contribution in [3.8, 4) is 23.0 Å². The molecule has 432 valence electrons. The highest BCUT2D eigenvalue weighted by Gasteiger charge is 2.50. The molecule has 1 amide bonds. The third-order valence-corrected chi connectivity index (χ3v) is 14.2. The van der Waals surface area contributed by atoms with Crippen LogP contribution in [0, 0.1) is 36.4 Å². The number of H-pyrrole nitrogens is 1. The highest BCUT2D eigenvalue weighted by molar-refractivity contribution is 6.22. The Balaban J connectivity index is 1.13. The Morgan fingerprint density at radius 3 is 2.29 bits per heavy atom. The standard InChI is InChI=1S/C54H72FN7O17/c1-28-12-10-13-29(2)51(70)57-42-36(24-56-16-19-74-20-21-75-22-23-76-27-62-25-35(59-60-62)14-11-17-61-26-37(55)52(71)58-53(61)72)46(67)39-40(47(42)68)45(66)33(6)49-41(39)50(69)54(8,79-49)77-18-15-38(73-9)30(3)48(78-34(7)63)32(5)44(65)31(4)43(28)64/h10,12-13,15,18,25-26,28,30-32,38,43-44,48,56,64-68H,11,14,16-17,19-24,27H2,1-9H3,(H,57,70)(H,58,71,72)/b12-10+,18-15+,29-13-/t28-,30+,31+,32+,38-,43-,44+,48+,54-/m0/s1. The number of aromatic amines is 1. The number of rotatable bonds is 19. The molecular weight excluding hydrogens is 1040 g/mol. The molecule has 0 saturated heterocycles. The van der Waals surface area contributed by atoms with Gasteiger partial charge in [0.2, 0.25) is 5.82 Å². The number of Topliss-reactive ketones (excluding diaryl/α,β-unsaturated/α-hetero) is 1. The smallest absolute Gasteiger partial charge is 0.328 e. The number of aromatic hydroxyl groups is 3. The predicted molar refractivity (Wildman–Crippen MR) is 283 cm³/mol. The number of carbonyl (C=O) groups excluding carboxylic acids is 3. The maximum absolute atomic E-state index is 14.6. The molecule has 3 aliphatic heterocycles. The summed E-state index contributed by atoms with van der Waals surface area (Å²) in [5.74, 6) is -9.75. The summed E-state index contributed by atoms with van der Waals surface area (Å²) in [5, 5.41) is 72.2. The summed E-state index contributed by atoms with van der Waals surface area (Å²) in [7, 11) is 1.42. The molecule has 0 radical (unpaired) electrons. The number of nitrogens with zero attached hydrogens (tertiary/aromatic N) is 4. The third-order valence-electron chi connectivity index (χ3n) is 14.2. The fourth-order valence-electron chi connectivity index (χ4n) is 9.51. The van der Waals surface area contributed by atoms with E-state index in [1.807, 2.05) is 4.98 Å². The van der Waals surface area contributed by atoms with Crippen molar-refractivity contribution in [1.29, 1.82) is 0 Å². The molecule has 0 aliphatic carbocycles. The molecule has 5 heterocycles. The van der Waals surface area contributed by atoms with Gasteiger partial charge in [0, 0.05) is 86.3 Å². The summed E-state index contributed by atoms with van der Waals surface area (Å²) in [6, 6.07) is 0. The van der Waals surface area contributed by atoms with Gasteiger partial charge in [-0.25, -0.2) is 9.48 Å². The van der Waals surface area contributed by atoms with Crippen LogP contribution < -0.4 is 26.6 Å². The molecule has 4 aromatic rings. The number of aliphatic hydroxyl groups is 2. The number of carbonyl (C=O) groups is 3. The van der Waals surface area contributed by atoms with Crippen LogP contribution in [-0.4, -0.2) is 145 Å². The van der Waals surface area contributed by atoms with Gasteiger partial charge < -0.3 is 69.3 Å². The number of halogens is 1. The average Bonchev–Trinajstić information content (AvgIpc) is 4.06. The molecule has 5 bridgehead atoms. The van der Waals surface area contributed by atoms with Crippen LogP contribution in [0.3, 0.4) is 0 Å². The fraction of sp³-hybridized carbons (Fsp3) is 0.537. The van der Waals surface area contributed by atoms with Gasteiger partial charge in [-0.3, -0.25) is 28.7 Å². The lowest BCUT2D eigenvalue weighted by Gasteiger charge is -2.38. The number of nitrogens with one attached hydrogen (secondary N) is 3. The number of esters is 1. The number of phenolic OH excluding ortho intramolecular Hbond substituents is 3. The van der Waals surface area contributed by atoms with E-state index in [2.05, 4.69) is 20.9 Å². The molecule has 3 aliphatic rings. The van der Waals surface area contributed by atoms with Crippen molar-refractivity contribution >= 4 is 34.1 Å². The van der Waals surface area contributed by atoms with Crippen molar-refractivity contribution in [2.24, 2.45) is 23.7 Å². The zero-order valence-electron chi connectivity index (χ0n) is 45.7. The number of aliphatic hydroxyl groups excluding tert-OH is 2. The summed E-state index contributed by atoms with van der Waals surface area (Å²) in [4.78, 5) is 65.9. The van der Waals surface area contributed by atoms with Crippen LogP contribution >= 0.6 is 0 Å². The topological polar surface area (TPSA) is 327 Å². The monoisotopic (exact) mass is 1110 g/mol. The van der Waals surface area contributed by atoms with Crippen molar-refractivity contribution in [3.05, 3.63) is 97.6 Å². The molecule has 0 saturated carbocycles. The normalized spacial score (nSPS) is 25.4. The summed E-state index contributed by atoms with van der Waals surface area (Å²) in [5.41, 5.74) is -1.51. The van der Waals surface area contributed by atoms with Crippen LogP contribution in [0.25, 0.3) is 10.8 Å². The molecule has 9 atom stereocenters. The van der Waals surface area contributed by atoms with E-state index >= 15 is 0 Å². The van der Waals surface area contributed by atoms with Crippen LogP contribution in [0.2, 0.25) is 0 Å². The second-order valence-electron chi connectivity index (χ2n) is 19.9. The van der Waals surface area contributed by atoms with E-state index in [9.17, 15) is 53.9 Å². The number of methoxy groups -OCH3 is 1. The molecule has 79 heavy (non-hydrogen) atoms. The maximum atomic E-state index is 14.6. The number of hydrogen-bond donors (Lipinski definition) is 8. The number of aryl methyl sites for hydroxylation is 2. The molecular formula is C54H72FN7O17. The van der Waals surface area contributed by atoms with Crippen molar-refractivity contribution in [3.63, 3.8) is 0 Å². The van der Waals surface area contributed by atoms with E-state index in [0.29, 0.717) is 18.5 Å². The second kappa shape index (κ2) is 27.2. The quantitative estimate of drug-likeness (QED) is 0.0287. The van der Waals surface area contributed by atoms with Gasteiger partial charge in [-0.15, -0.1) is 5.10 Å². The zero-order valence-corrected chi connectivity index (χ0v) is 45.7. The summed E-state index contributed by atoms with van der Waals surface area (Å²) in [6.07, 6.45) is 6.75. The second-order valence-corrected chi connectivity index (χ2v) is 19.9. The SMILES string of the molecule is CO[C@H]1/C=C/O[C@@]2(C)Oc3c(C)c(O)c4c(O)c(c(CNCCOCCOCCOCn5cc(CCCn6cc(F)c(=O)[nH]c6=O)nn5)c(O)c4c3C2=O)NC(=O)/C(C)=C\C=C\[C@H](C)[C@H](O)[C@@H](C)[C@@H](O)[C@@H](C)[C@H](OC(C)=O)[C@@H]1C. The van der Waals surface area contributed by atoms with Crippen molar-refractivity contribution in [2.75, 3.05) is 52.0 Å². The number of ether oxygens (including phenoxy) is 7. The highest BCUT2D eigenvalue weighted by Crippen LogP contribution is 2.55. The first-order chi connectivity index (χ1) is 37.5. The highest BCUT2D eigenvalue weighted by atomic mass is 19.1. The Morgan fingerprint density at radius 1 is 0.899 bits per heavy atom. The fourth-order valence-corrected chi connectivity index (χ4v) is 9.51. The number of phenols is 3. The number of ketones is 1. The Hall–Kier alpha value is -7.00. The first-order valence-electron chi connectivity index (χ1n) is 25.9. The molecule has 0 unspecified atom stereocenters. The van der Waals surface area contributed by atoms with E-state index in [1.165, 1.54) is 57.9 Å². The molecule has 0 spiro atoms.